The molecule has 5 heteroatoms. The van der Waals surface area contributed by atoms with Crippen LogP contribution < -0.4 is 4.90 Å². The molecule has 2 aromatic heterocycles. The average molecular weight is 399 g/mol. The fraction of sp³-hybridized carbons (Fsp3) is 0.240. The van der Waals surface area contributed by atoms with Gasteiger partial charge in [-0.25, -0.2) is 9.50 Å². The molecule has 0 aliphatic heterocycles. The van der Waals surface area contributed by atoms with Crippen LogP contribution in [0.4, 0.5) is 5.69 Å². The van der Waals surface area contributed by atoms with Gasteiger partial charge in [0.15, 0.2) is 5.65 Å². The maximum Gasteiger partial charge on any atom is 0.231 e. The third-order valence-electron chi connectivity index (χ3n) is 5.58. The van der Waals surface area contributed by atoms with Gasteiger partial charge in [-0.2, -0.15) is 5.10 Å². The highest BCUT2D eigenvalue weighted by molar-refractivity contribution is 5.95. The Morgan fingerprint density at radius 3 is 2.20 bits per heavy atom. The first-order chi connectivity index (χ1) is 14.5. The molecule has 2 heterocycles. The summed E-state index contributed by atoms with van der Waals surface area (Å²) < 4.78 is 1.88. The molecule has 0 aliphatic rings. The van der Waals surface area contributed by atoms with Gasteiger partial charge in [-0.1, -0.05) is 48.5 Å². The molecule has 0 N–H and O–H groups in total. The number of likely N-dealkylation sites (N-methyl/N-ethyl adjacent to an activating group) is 1. The van der Waals surface area contributed by atoms with Crippen LogP contribution in [0.5, 0.6) is 0 Å². The summed E-state index contributed by atoms with van der Waals surface area (Å²) in [6, 6.07) is 20.0. The van der Waals surface area contributed by atoms with Crippen molar-refractivity contribution in [2.75, 3.05) is 11.4 Å². The first-order valence-electron chi connectivity index (χ1n) is 10.3. The highest BCUT2D eigenvalue weighted by Gasteiger charge is 2.21. The fourth-order valence-corrected chi connectivity index (χ4v) is 4.02. The Balaban J connectivity index is 1.75. The van der Waals surface area contributed by atoms with Crippen molar-refractivity contribution in [3.8, 4) is 11.1 Å². The lowest BCUT2D eigenvalue weighted by Gasteiger charge is -2.22. The number of anilines is 1. The number of rotatable bonds is 5. The van der Waals surface area contributed by atoms with Gasteiger partial charge >= 0.3 is 0 Å². The number of hydrogen-bond acceptors (Lipinski definition) is 3. The third kappa shape index (κ3) is 3.47. The second-order valence-corrected chi connectivity index (χ2v) is 7.47. The van der Waals surface area contributed by atoms with E-state index in [9.17, 15) is 4.79 Å². The van der Waals surface area contributed by atoms with E-state index in [1.165, 1.54) is 0 Å². The Hall–Kier alpha value is -3.47. The summed E-state index contributed by atoms with van der Waals surface area (Å²) in [5, 5.41) is 4.75. The van der Waals surface area contributed by atoms with Crippen molar-refractivity contribution in [3.05, 3.63) is 83.3 Å². The molecule has 0 fully saturated rings. The van der Waals surface area contributed by atoms with Crippen LogP contribution in [0.15, 0.2) is 60.7 Å². The third-order valence-corrected chi connectivity index (χ3v) is 5.58. The Labute approximate surface area is 177 Å². The minimum Gasteiger partial charge on any atom is -0.312 e. The standard InChI is InChI=1S/C25H26N4O/c1-5-28(21-14-10-7-11-15-21)23(30)16-22-17(2)26-25-24(20-12-8-6-9-13-20)18(3)27-29(25)19(22)4/h6-15H,5,16H2,1-4H3. The van der Waals surface area contributed by atoms with Gasteiger partial charge < -0.3 is 4.90 Å². The second kappa shape index (κ2) is 8.11. The smallest absolute Gasteiger partial charge is 0.231 e. The van der Waals surface area contributed by atoms with Crippen molar-refractivity contribution in [1.82, 2.24) is 14.6 Å². The second-order valence-electron chi connectivity index (χ2n) is 7.47. The molecule has 0 spiro atoms. The van der Waals surface area contributed by atoms with Gasteiger partial charge in [-0.3, -0.25) is 4.79 Å². The molecule has 5 nitrogen and oxygen atoms in total. The Morgan fingerprint density at radius 1 is 0.933 bits per heavy atom. The molecule has 0 saturated carbocycles. The molecule has 30 heavy (non-hydrogen) atoms. The number of aryl methyl sites for hydroxylation is 3. The lowest BCUT2D eigenvalue weighted by molar-refractivity contribution is -0.118. The van der Waals surface area contributed by atoms with Gasteiger partial charge in [0.2, 0.25) is 5.91 Å². The fourth-order valence-electron chi connectivity index (χ4n) is 4.02. The van der Waals surface area contributed by atoms with E-state index in [2.05, 4.69) is 12.1 Å². The topological polar surface area (TPSA) is 50.5 Å². The molecule has 4 aromatic rings. The summed E-state index contributed by atoms with van der Waals surface area (Å²) in [5.74, 6) is 0.0585. The minimum absolute atomic E-state index is 0.0585. The summed E-state index contributed by atoms with van der Waals surface area (Å²) in [5.41, 5.74) is 7.58. The van der Waals surface area contributed by atoms with Crippen LogP contribution in [0.3, 0.4) is 0 Å². The lowest BCUT2D eigenvalue weighted by atomic mass is 10.0. The number of fused-ring (bicyclic) bond motifs is 1. The molecular formula is C25H26N4O. The van der Waals surface area contributed by atoms with Gasteiger partial charge in [0, 0.05) is 34.7 Å². The first-order valence-corrected chi connectivity index (χ1v) is 10.3. The summed E-state index contributed by atoms with van der Waals surface area (Å²) in [7, 11) is 0. The van der Waals surface area contributed by atoms with Gasteiger partial charge in [-0.15, -0.1) is 0 Å². The summed E-state index contributed by atoms with van der Waals surface area (Å²) >= 11 is 0. The maximum absolute atomic E-state index is 13.1. The van der Waals surface area contributed by atoms with Crippen LogP contribution >= 0.6 is 0 Å². The summed E-state index contributed by atoms with van der Waals surface area (Å²) in [6.45, 7) is 8.62. The quantitative estimate of drug-likeness (QED) is 0.480. The molecule has 0 bridgehead atoms. The minimum atomic E-state index is 0.0585. The van der Waals surface area contributed by atoms with E-state index >= 15 is 0 Å². The Bertz CT molecular complexity index is 1200. The number of carbonyl (C=O) groups excluding carboxylic acids is 1. The predicted octanol–water partition coefficient (Wildman–Crippen LogP) is 4.92. The molecule has 0 radical (unpaired) electrons. The number of nitrogens with zero attached hydrogens (tertiary/aromatic N) is 4. The monoisotopic (exact) mass is 398 g/mol. The van der Waals surface area contributed by atoms with Crippen LogP contribution in [0.2, 0.25) is 0 Å². The highest BCUT2D eigenvalue weighted by Crippen LogP contribution is 2.29. The molecule has 4 rings (SSSR count). The van der Waals surface area contributed by atoms with E-state index in [4.69, 9.17) is 10.1 Å². The van der Waals surface area contributed by atoms with Crippen LogP contribution in [0.25, 0.3) is 16.8 Å². The number of carbonyl (C=O) groups is 1. The van der Waals surface area contributed by atoms with Crippen molar-refractivity contribution < 1.29 is 4.79 Å². The van der Waals surface area contributed by atoms with Crippen LogP contribution in [0.1, 0.15) is 29.6 Å². The van der Waals surface area contributed by atoms with Crippen LogP contribution in [-0.4, -0.2) is 27.0 Å². The van der Waals surface area contributed by atoms with Gasteiger partial charge in [-0.05, 0) is 45.4 Å². The molecule has 0 saturated heterocycles. The molecule has 0 aliphatic carbocycles. The SMILES string of the molecule is CCN(C(=O)Cc1c(C)nc2c(-c3ccccc3)c(C)nn2c1C)c1ccccc1. The van der Waals surface area contributed by atoms with E-state index in [-0.39, 0.29) is 5.91 Å². The number of hydrogen-bond donors (Lipinski definition) is 0. The van der Waals surface area contributed by atoms with Gasteiger partial charge in [0.25, 0.3) is 0 Å². The van der Waals surface area contributed by atoms with Crippen molar-refractivity contribution in [3.63, 3.8) is 0 Å². The van der Waals surface area contributed by atoms with Crippen LogP contribution in [0, 0.1) is 20.8 Å². The van der Waals surface area contributed by atoms with E-state index < -0.39 is 0 Å². The number of benzene rings is 2. The Morgan fingerprint density at radius 2 is 1.57 bits per heavy atom. The van der Waals surface area contributed by atoms with Gasteiger partial charge in [0.05, 0.1) is 12.1 Å². The van der Waals surface area contributed by atoms with Crippen molar-refractivity contribution in [2.45, 2.75) is 34.1 Å². The van der Waals surface area contributed by atoms with E-state index in [1.807, 2.05) is 85.6 Å². The maximum atomic E-state index is 13.1. The lowest BCUT2D eigenvalue weighted by Crippen LogP contribution is -2.32. The summed E-state index contributed by atoms with van der Waals surface area (Å²) in [6.07, 6.45) is 0.295. The molecule has 2 aromatic carbocycles. The zero-order valence-electron chi connectivity index (χ0n) is 17.9. The van der Waals surface area contributed by atoms with E-state index in [1.54, 1.807) is 0 Å². The highest BCUT2D eigenvalue weighted by atomic mass is 16.2. The average Bonchev–Trinajstić information content (AvgIpc) is 3.09. The van der Waals surface area contributed by atoms with Crippen molar-refractivity contribution in [2.24, 2.45) is 0 Å². The molecule has 0 atom stereocenters. The zero-order chi connectivity index (χ0) is 21.3. The van der Waals surface area contributed by atoms with Crippen molar-refractivity contribution in [1.29, 1.82) is 0 Å². The molecule has 0 unspecified atom stereocenters. The normalized spacial score (nSPS) is 11.1. The van der Waals surface area contributed by atoms with Crippen LogP contribution in [-0.2, 0) is 11.2 Å². The molecular weight excluding hydrogens is 372 g/mol. The summed E-state index contributed by atoms with van der Waals surface area (Å²) in [4.78, 5) is 19.8. The number of aromatic nitrogens is 3. The van der Waals surface area contributed by atoms with Gasteiger partial charge in [0.1, 0.15) is 0 Å². The predicted molar refractivity (Wildman–Crippen MR) is 121 cm³/mol. The Kier molecular flexibility index (Phi) is 5.36. The zero-order valence-corrected chi connectivity index (χ0v) is 17.9. The number of amides is 1. The molecule has 1 amide bonds. The molecule has 152 valence electrons. The first kappa shape index (κ1) is 19.8. The largest absolute Gasteiger partial charge is 0.312 e. The number of para-hydroxylation sites is 1. The van der Waals surface area contributed by atoms with E-state index in [0.717, 1.165) is 45.1 Å². The van der Waals surface area contributed by atoms with E-state index in [0.29, 0.717) is 13.0 Å². The van der Waals surface area contributed by atoms with Crippen molar-refractivity contribution >= 4 is 17.2 Å².